The molecular weight excluding hydrogens is 324 g/mol. The molecule has 0 amide bonds. The number of benzene rings is 1. The van der Waals surface area contributed by atoms with Gasteiger partial charge in [-0.1, -0.05) is 6.07 Å². The van der Waals surface area contributed by atoms with E-state index in [0.29, 0.717) is 22.8 Å². The van der Waals surface area contributed by atoms with Crippen LogP contribution >= 0.6 is 0 Å². The number of hydrogen-bond acceptors (Lipinski definition) is 7. The van der Waals surface area contributed by atoms with E-state index in [1.54, 1.807) is 39.0 Å². The van der Waals surface area contributed by atoms with E-state index in [0.717, 1.165) is 0 Å². The Morgan fingerprint density at radius 1 is 1.36 bits per heavy atom. The lowest BCUT2D eigenvalue weighted by molar-refractivity contribution is -0.143. The normalized spacial score (nSPS) is 18.9. The third-order valence-electron chi connectivity index (χ3n) is 3.90. The van der Waals surface area contributed by atoms with Gasteiger partial charge in [-0.05, 0) is 38.5 Å². The van der Waals surface area contributed by atoms with Crippen molar-refractivity contribution >= 4 is 5.97 Å². The van der Waals surface area contributed by atoms with Crippen molar-refractivity contribution in [3.63, 3.8) is 0 Å². The quantitative estimate of drug-likeness (QED) is 0.841. The highest BCUT2D eigenvalue weighted by Crippen LogP contribution is 2.43. The monoisotopic (exact) mass is 342 g/mol. The van der Waals surface area contributed by atoms with E-state index in [1.165, 1.54) is 0 Å². The summed E-state index contributed by atoms with van der Waals surface area (Å²) >= 11 is 0. The fraction of sp³-hybridized carbons (Fsp3) is 0.333. The minimum atomic E-state index is -0.695. The number of allylic oxidation sites excluding steroid dienone is 2. The van der Waals surface area contributed by atoms with E-state index >= 15 is 0 Å². The summed E-state index contributed by atoms with van der Waals surface area (Å²) in [5, 5.41) is 9.56. The van der Waals surface area contributed by atoms with Crippen LogP contribution in [0.2, 0.25) is 0 Å². The first-order chi connectivity index (χ1) is 11.9. The standard InChI is InChI=1S/C18H18N2O5/c1-9(2)24-18(21)15-10(3)25-17(20)12(7-19)16(15)11-4-5-13-14(6-11)23-8-22-13/h4-6,9,16H,8,20H2,1-3H3/t16-/m1/s1. The van der Waals surface area contributed by atoms with Crippen molar-refractivity contribution in [3.05, 3.63) is 46.6 Å². The van der Waals surface area contributed by atoms with E-state index in [1.807, 2.05) is 6.07 Å². The average Bonchev–Trinajstić information content (AvgIpc) is 3.00. The Morgan fingerprint density at radius 2 is 2.08 bits per heavy atom. The van der Waals surface area contributed by atoms with Gasteiger partial charge in [-0.3, -0.25) is 0 Å². The number of rotatable bonds is 3. The summed E-state index contributed by atoms with van der Waals surface area (Å²) in [7, 11) is 0. The number of carbonyl (C=O) groups is 1. The van der Waals surface area contributed by atoms with Crippen LogP contribution in [0, 0.1) is 11.3 Å². The molecule has 0 bridgehead atoms. The SMILES string of the molecule is CC1=C(C(=O)OC(C)C)[C@H](c2ccc3c(c2)OCO3)C(C#N)=C(N)O1. The summed E-state index contributed by atoms with van der Waals surface area (Å²) in [5.41, 5.74) is 6.95. The van der Waals surface area contributed by atoms with E-state index in [9.17, 15) is 10.1 Å². The molecule has 2 aliphatic heterocycles. The van der Waals surface area contributed by atoms with Crippen molar-refractivity contribution in [2.45, 2.75) is 32.8 Å². The molecule has 1 aromatic carbocycles. The third-order valence-corrected chi connectivity index (χ3v) is 3.90. The van der Waals surface area contributed by atoms with Gasteiger partial charge in [0, 0.05) is 0 Å². The first kappa shape index (κ1) is 16.7. The van der Waals surface area contributed by atoms with Crippen LogP contribution in [0.15, 0.2) is 41.0 Å². The molecule has 3 rings (SSSR count). The van der Waals surface area contributed by atoms with Crippen LogP contribution in [0.5, 0.6) is 11.5 Å². The molecule has 7 heteroatoms. The van der Waals surface area contributed by atoms with Gasteiger partial charge in [0.25, 0.3) is 0 Å². The van der Waals surface area contributed by atoms with Crippen LogP contribution in [-0.4, -0.2) is 18.9 Å². The summed E-state index contributed by atoms with van der Waals surface area (Å²) < 4.78 is 21.4. The molecule has 1 atom stereocenters. The molecule has 2 aliphatic rings. The fourth-order valence-corrected chi connectivity index (χ4v) is 2.85. The van der Waals surface area contributed by atoms with Gasteiger partial charge in [0.05, 0.1) is 17.6 Å². The zero-order chi connectivity index (χ0) is 18.1. The molecule has 25 heavy (non-hydrogen) atoms. The van der Waals surface area contributed by atoms with E-state index in [2.05, 4.69) is 0 Å². The second kappa shape index (κ2) is 6.40. The highest BCUT2D eigenvalue weighted by molar-refractivity contribution is 5.92. The van der Waals surface area contributed by atoms with E-state index < -0.39 is 11.9 Å². The van der Waals surface area contributed by atoms with Crippen molar-refractivity contribution in [2.75, 3.05) is 6.79 Å². The third kappa shape index (κ3) is 2.98. The van der Waals surface area contributed by atoms with Gasteiger partial charge >= 0.3 is 5.97 Å². The molecule has 2 N–H and O–H groups in total. The number of hydrogen-bond donors (Lipinski definition) is 1. The molecular formula is C18H18N2O5. The van der Waals surface area contributed by atoms with Crippen molar-refractivity contribution < 1.29 is 23.7 Å². The highest BCUT2D eigenvalue weighted by atomic mass is 16.7. The maximum absolute atomic E-state index is 12.6. The Hall–Kier alpha value is -3.14. The van der Waals surface area contributed by atoms with Gasteiger partial charge in [0.2, 0.25) is 12.7 Å². The Labute approximate surface area is 145 Å². The molecule has 130 valence electrons. The maximum atomic E-state index is 12.6. The first-order valence-electron chi connectivity index (χ1n) is 7.81. The predicted octanol–water partition coefficient (Wildman–Crippen LogP) is 2.45. The van der Waals surface area contributed by atoms with Crippen LogP contribution in [0.3, 0.4) is 0 Å². The molecule has 0 unspecified atom stereocenters. The van der Waals surface area contributed by atoms with Gasteiger partial charge in [-0.25, -0.2) is 4.79 Å². The summed E-state index contributed by atoms with van der Waals surface area (Å²) in [4.78, 5) is 12.6. The molecule has 7 nitrogen and oxygen atoms in total. The summed E-state index contributed by atoms with van der Waals surface area (Å²) in [6.07, 6.45) is -0.306. The Bertz CT molecular complexity index is 832. The number of esters is 1. The lowest BCUT2D eigenvalue weighted by Gasteiger charge is -2.27. The molecule has 0 spiro atoms. The minimum Gasteiger partial charge on any atom is -0.459 e. The predicted molar refractivity (Wildman–Crippen MR) is 87.1 cm³/mol. The number of nitrogens with two attached hydrogens (primary N) is 1. The van der Waals surface area contributed by atoms with Gasteiger partial charge in [-0.2, -0.15) is 5.26 Å². The Kier molecular flexibility index (Phi) is 4.28. The van der Waals surface area contributed by atoms with Crippen LogP contribution < -0.4 is 15.2 Å². The zero-order valence-electron chi connectivity index (χ0n) is 14.2. The van der Waals surface area contributed by atoms with Gasteiger partial charge in [0.1, 0.15) is 17.4 Å². The zero-order valence-corrected chi connectivity index (χ0v) is 14.2. The molecule has 0 saturated heterocycles. The lowest BCUT2D eigenvalue weighted by Crippen LogP contribution is -2.26. The molecule has 0 aromatic heterocycles. The van der Waals surface area contributed by atoms with Gasteiger partial charge < -0.3 is 24.7 Å². The van der Waals surface area contributed by atoms with Crippen molar-refractivity contribution in [3.8, 4) is 17.6 Å². The number of ether oxygens (including phenoxy) is 4. The second-order valence-electron chi connectivity index (χ2n) is 5.96. The van der Waals surface area contributed by atoms with Crippen molar-refractivity contribution in [1.29, 1.82) is 5.26 Å². The minimum absolute atomic E-state index is 0.0243. The van der Waals surface area contributed by atoms with Crippen LogP contribution in [0.4, 0.5) is 0 Å². The smallest absolute Gasteiger partial charge is 0.338 e. The lowest BCUT2D eigenvalue weighted by atomic mass is 9.83. The van der Waals surface area contributed by atoms with Crippen molar-refractivity contribution in [1.82, 2.24) is 0 Å². The Balaban J connectivity index is 2.11. The average molecular weight is 342 g/mol. The summed E-state index contributed by atoms with van der Waals surface area (Å²) in [6.45, 7) is 5.26. The molecule has 0 saturated carbocycles. The molecule has 0 fully saturated rings. The summed E-state index contributed by atoms with van der Waals surface area (Å²) in [5.74, 6) is 0.204. The first-order valence-corrected chi connectivity index (χ1v) is 7.81. The van der Waals surface area contributed by atoms with Crippen LogP contribution in [-0.2, 0) is 14.3 Å². The number of carbonyl (C=O) groups excluding carboxylic acids is 1. The topological polar surface area (TPSA) is 104 Å². The van der Waals surface area contributed by atoms with Gasteiger partial charge in [-0.15, -0.1) is 0 Å². The molecule has 0 aliphatic carbocycles. The fourth-order valence-electron chi connectivity index (χ4n) is 2.85. The number of nitrogens with zero attached hydrogens (tertiary/aromatic N) is 1. The largest absolute Gasteiger partial charge is 0.459 e. The number of fused-ring (bicyclic) bond motifs is 1. The van der Waals surface area contributed by atoms with Crippen molar-refractivity contribution in [2.24, 2.45) is 5.73 Å². The van der Waals surface area contributed by atoms with E-state index in [4.69, 9.17) is 24.7 Å². The molecule has 2 heterocycles. The summed E-state index contributed by atoms with van der Waals surface area (Å²) in [6, 6.07) is 7.28. The van der Waals surface area contributed by atoms with Crippen LogP contribution in [0.25, 0.3) is 0 Å². The Morgan fingerprint density at radius 3 is 2.76 bits per heavy atom. The molecule has 0 radical (unpaired) electrons. The van der Waals surface area contributed by atoms with Crippen LogP contribution in [0.1, 0.15) is 32.3 Å². The maximum Gasteiger partial charge on any atom is 0.338 e. The number of nitriles is 1. The second-order valence-corrected chi connectivity index (χ2v) is 5.96. The highest BCUT2D eigenvalue weighted by Gasteiger charge is 2.37. The van der Waals surface area contributed by atoms with Gasteiger partial charge in [0.15, 0.2) is 11.5 Å². The molecule has 1 aromatic rings. The van der Waals surface area contributed by atoms with E-state index in [-0.39, 0.29) is 29.9 Å².